The van der Waals surface area contributed by atoms with Crippen LogP contribution in [0.2, 0.25) is 5.02 Å². The first-order valence-corrected chi connectivity index (χ1v) is 9.09. The number of hydrogen-bond acceptors (Lipinski definition) is 3. The van der Waals surface area contributed by atoms with Gasteiger partial charge in [-0.1, -0.05) is 60.1 Å². The lowest BCUT2D eigenvalue weighted by Gasteiger charge is -2.20. The minimum atomic E-state index is -0.0867. The molecule has 1 atom stereocenters. The molecule has 0 saturated carbocycles. The molecule has 0 aliphatic rings. The number of fused-ring (bicyclic) bond motifs is 1. The van der Waals surface area contributed by atoms with Crippen LogP contribution in [0, 0.1) is 0 Å². The summed E-state index contributed by atoms with van der Waals surface area (Å²) in [6, 6.07) is 25.0. The van der Waals surface area contributed by atoms with Crippen molar-refractivity contribution in [3.8, 4) is 0 Å². The SMILES string of the molecule is O=c1cc(CN[C@H](c2ccccc2)c2cccc(Cl)c2)nc2ccccn12. The zero-order valence-electron chi connectivity index (χ0n) is 14.5. The Morgan fingerprint density at radius 1 is 0.926 bits per heavy atom. The second kappa shape index (κ2) is 7.74. The van der Waals surface area contributed by atoms with Crippen molar-refractivity contribution < 1.29 is 0 Å². The fourth-order valence-corrected chi connectivity index (χ4v) is 3.36. The molecule has 0 fully saturated rings. The van der Waals surface area contributed by atoms with Crippen LogP contribution in [-0.4, -0.2) is 9.38 Å². The summed E-state index contributed by atoms with van der Waals surface area (Å²) in [5.74, 6) is 0. The Bertz CT molecular complexity index is 1120. The van der Waals surface area contributed by atoms with Gasteiger partial charge in [-0.25, -0.2) is 4.98 Å². The van der Waals surface area contributed by atoms with E-state index in [2.05, 4.69) is 22.4 Å². The van der Waals surface area contributed by atoms with Crippen molar-refractivity contribution in [3.05, 3.63) is 117 Å². The second-order valence-corrected chi connectivity index (χ2v) is 6.73. The normalized spacial score (nSPS) is 12.2. The first kappa shape index (κ1) is 17.5. The summed E-state index contributed by atoms with van der Waals surface area (Å²) < 4.78 is 1.54. The zero-order chi connectivity index (χ0) is 18.6. The quantitative estimate of drug-likeness (QED) is 0.568. The standard InChI is InChI=1S/C22H18ClN3O/c23-18-10-6-9-17(13-18)22(16-7-2-1-3-8-16)24-15-19-14-21(27)26-12-5-4-11-20(26)25-19/h1-14,22,24H,15H2/t22-/m1/s1. The highest BCUT2D eigenvalue weighted by Crippen LogP contribution is 2.24. The molecule has 0 spiro atoms. The molecule has 0 saturated heterocycles. The third-order valence-corrected chi connectivity index (χ3v) is 4.66. The largest absolute Gasteiger partial charge is 0.301 e. The molecule has 4 aromatic rings. The lowest BCUT2D eigenvalue weighted by atomic mass is 9.98. The van der Waals surface area contributed by atoms with E-state index >= 15 is 0 Å². The van der Waals surface area contributed by atoms with E-state index in [1.54, 1.807) is 12.3 Å². The van der Waals surface area contributed by atoms with Crippen LogP contribution in [0.1, 0.15) is 22.9 Å². The van der Waals surface area contributed by atoms with Crippen molar-refractivity contribution in [1.29, 1.82) is 0 Å². The summed E-state index contributed by atoms with van der Waals surface area (Å²) in [6.45, 7) is 0.465. The van der Waals surface area contributed by atoms with E-state index in [9.17, 15) is 4.79 Å². The number of rotatable bonds is 5. The minimum Gasteiger partial charge on any atom is -0.301 e. The molecule has 4 nitrogen and oxygen atoms in total. The van der Waals surface area contributed by atoms with Gasteiger partial charge < -0.3 is 5.32 Å². The molecule has 2 heterocycles. The van der Waals surface area contributed by atoms with Crippen molar-refractivity contribution in [3.63, 3.8) is 0 Å². The molecule has 0 radical (unpaired) electrons. The van der Waals surface area contributed by atoms with Gasteiger partial charge in [-0.2, -0.15) is 0 Å². The average molecular weight is 376 g/mol. The number of pyridine rings is 1. The highest BCUT2D eigenvalue weighted by atomic mass is 35.5. The lowest BCUT2D eigenvalue weighted by Crippen LogP contribution is -2.24. The maximum Gasteiger partial charge on any atom is 0.258 e. The third kappa shape index (κ3) is 3.92. The molecule has 134 valence electrons. The van der Waals surface area contributed by atoms with Crippen molar-refractivity contribution in [2.45, 2.75) is 12.6 Å². The molecule has 0 aliphatic heterocycles. The van der Waals surface area contributed by atoms with E-state index in [4.69, 9.17) is 11.6 Å². The summed E-state index contributed by atoms with van der Waals surface area (Å²) in [6.07, 6.45) is 1.72. The molecule has 0 unspecified atom stereocenters. The summed E-state index contributed by atoms with van der Waals surface area (Å²) in [5, 5.41) is 4.21. The fourth-order valence-electron chi connectivity index (χ4n) is 3.16. The van der Waals surface area contributed by atoms with E-state index in [1.807, 2.05) is 60.7 Å². The Hall–Kier alpha value is -2.95. The van der Waals surface area contributed by atoms with Crippen LogP contribution in [0.4, 0.5) is 0 Å². The summed E-state index contributed by atoms with van der Waals surface area (Å²) >= 11 is 6.20. The Labute approximate surface area is 162 Å². The third-order valence-electron chi connectivity index (χ3n) is 4.43. The summed E-state index contributed by atoms with van der Waals surface area (Å²) in [7, 11) is 0. The van der Waals surface area contributed by atoms with Crippen LogP contribution in [0.15, 0.2) is 89.9 Å². The topological polar surface area (TPSA) is 46.4 Å². The van der Waals surface area contributed by atoms with E-state index in [1.165, 1.54) is 4.40 Å². The van der Waals surface area contributed by atoms with Crippen molar-refractivity contribution in [1.82, 2.24) is 14.7 Å². The van der Waals surface area contributed by atoms with Gasteiger partial charge in [0.05, 0.1) is 11.7 Å². The van der Waals surface area contributed by atoms with Gasteiger partial charge in [-0.05, 0) is 35.4 Å². The highest BCUT2D eigenvalue weighted by Gasteiger charge is 2.14. The monoisotopic (exact) mass is 375 g/mol. The van der Waals surface area contributed by atoms with E-state index < -0.39 is 0 Å². The first-order chi connectivity index (χ1) is 13.2. The van der Waals surface area contributed by atoms with Gasteiger partial charge in [0.15, 0.2) is 0 Å². The van der Waals surface area contributed by atoms with E-state index in [0.717, 1.165) is 11.1 Å². The number of nitrogens with zero attached hydrogens (tertiary/aromatic N) is 2. The number of aromatic nitrogens is 2. The number of nitrogens with one attached hydrogen (secondary N) is 1. The molecule has 5 heteroatoms. The van der Waals surface area contributed by atoms with Gasteiger partial charge in [0.1, 0.15) is 5.65 Å². The summed E-state index contributed by atoms with van der Waals surface area (Å²) in [4.78, 5) is 16.9. The maximum atomic E-state index is 12.3. The van der Waals surface area contributed by atoms with Gasteiger partial charge in [0, 0.05) is 23.8 Å². The average Bonchev–Trinajstić information content (AvgIpc) is 2.69. The number of halogens is 1. The zero-order valence-corrected chi connectivity index (χ0v) is 15.3. The number of benzene rings is 2. The maximum absolute atomic E-state index is 12.3. The molecule has 2 aromatic carbocycles. The number of hydrogen-bond donors (Lipinski definition) is 1. The van der Waals surface area contributed by atoms with Gasteiger partial charge in [0.25, 0.3) is 5.56 Å². The van der Waals surface area contributed by atoms with Crippen molar-refractivity contribution >= 4 is 17.2 Å². The van der Waals surface area contributed by atoms with Crippen LogP contribution >= 0.6 is 11.6 Å². The van der Waals surface area contributed by atoms with Gasteiger partial charge in [-0.3, -0.25) is 9.20 Å². The van der Waals surface area contributed by atoms with Gasteiger partial charge in [-0.15, -0.1) is 0 Å². The molecule has 4 rings (SSSR count). The molecular formula is C22H18ClN3O. The predicted molar refractivity (Wildman–Crippen MR) is 108 cm³/mol. The first-order valence-electron chi connectivity index (χ1n) is 8.72. The minimum absolute atomic E-state index is 0.0547. The smallest absolute Gasteiger partial charge is 0.258 e. The van der Waals surface area contributed by atoms with Crippen LogP contribution in [-0.2, 0) is 6.54 Å². The van der Waals surface area contributed by atoms with Gasteiger partial charge in [0.2, 0.25) is 0 Å². The molecule has 0 bridgehead atoms. The molecule has 0 aliphatic carbocycles. The molecule has 0 amide bonds. The Morgan fingerprint density at radius 3 is 2.52 bits per heavy atom. The summed E-state index contributed by atoms with van der Waals surface area (Å²) in [5.41, 5.74) is 3.44. The molecule has 2 aromatic heterocycles. The fraction of sp³-hybridized carbons (Fsp3) is 0.0909. The lowest BCUT2D eigenvalue weighted by molar-refractivity contribution is 0.596. The Kier molecular flexibility index (Phi) is 5.01. The highest BCUT2D eigenvalue weighted by molar-refractivity contribution is 6.30. The van der Waals surface area contributed by atoms with Crippen LogP contribution in [0.5, 0.6) is 0 Å². The van der Waals surface area contributed by atoms with Crippen LogP contribution in [0.25, 0.3) is 5.65 Å². The van der Waals surface area contributed by atoms with Crippen LogP contribution < -0.4 is 10.9 Å². The van der Waals surface area contributed by atoms with E-state index in [-0.39, 0.29) is 11.6 Å². The van der Waals surface area contributed by atoms with Gasteiger partial charge >= 0.3 is 0 Å². The van der Waals surface area contributed by atoms with E-state index in [0.29, 0.717) is 22.9 Å². The Morgan fingerprint density at radius 2 is 1.70 bits per heavy atom. The molecule has 1 N–H and O–H groups in total. The second-order valence-electron chi connectivity index (χ2n) is 6.29. The Balaban J connectivity index is 1.66. The predicted octanol–water partition coefficient (Wildman–Crippen LogP) is 4.23. The van der Waals surface area contributed by atoms with Crippen LogP contribution in [0.3, 0.4) is 0 Å². The van der Waals surface area contributed by atoms with Crippen molar-refractivity contribution in [2.24, 2.45) is 0 Å². The molecule has 27 heavy (non-hydrogen) atoms. The van der Waals surface area contributed by atoms with Crippen molar-refractivity contribution in [2.75, 3.05) is 0 Å². The molecular weight excluding hydrogens is 358 g/mol.